The van der Waals surface area contributed by atoms with Crippen LogP contribution in [0.1, 0.15) is 22.9 Å². The molecule has 2 aromatic rings. The zero-order chi connectivity index (χ0) is 17.4. The number of guanidine groups is 1. The predicted octanol–water partition coefficient (Wildman–Crippen LogP) is 3.64. The fraction of sp³-hybridized carbons (Fsp3) is 0.389. The van der Waals surface area contributed by atoms with Crippen LogP contribution in [0.2, 0.25) is 0 Å². The first-order valence-corrected chi connectivity index (χ1v) is 8.92. The third-order valence-corrected chi connectivity index (χ3v) is 4.60. The van der Waals surface area contributed by atoms with Gasteiger partial charge in [0.05, 0.1) is 13.2 Å². The number of hydrogen-bond donors (Lipinski definition) is 2. The summed E-state index contributed by atoms with van der Waals surface area (Å²) in [5, 5.41) is 14.5. The van der Waals surface area contributed by atoms with E-state index in [1.807, 2.05) is 14.0 Å². The maximum atomic E-state index is 13.4. The summed E-state index contributed by atoms with van der Waals surface area (Å²) in [7, 11) is 2.01. The summed E-state index contributed by atoms with van der Waals surface area (Å²) in [6.07, 6.45) is 0.976. The summed E-state index contributed by atoms with van der Waals surface area (Å²) in [5.74, 6) is 0.439. The molecule has 1 aromatic carbocycles. The Kier molecular flexibility index (Phi) is 9.99. The van der Waals surface area contributed by atoms with Crippen LogP contribution in [-0.4, -0.2) is 36.1 Å². The van der Waals surface area contributed by atoms with Crippen LogP contribution in [0.25, 0.3) is 0 Å². The number of halogens is 2. The van der Waals surface area contributed by atoms with E-state index in [1.54, 1.807) is 23.5 Å². The van der Waals surface area contributed by atoms with Crippen LogP contribution in [0.4, 0.5) is 4.39 Å². The molecule has 0 atom stereocenters. The van der Waals surface area contributed by atoms with Gasteiger partial charge in [0.2, 0.25) is 0 Å². The zero-order valence-electron chi connectivity index (χ0n) is 14.5. The lowest BCUT2D eigenvalue weighted by Crippen LogP contribution is -2.39. The van der Waals surface area contributed by atoms with Crippen molar-refractivity contribution in [1.29, 1.82) is 0 Å². The Morgan fingerprint density at radius 3 is 2.80 bits per heavy atom. The highest BCUT2D eigenvalue weighted by atomic mass is 127. The third-order valence-electron chi connectivity index (χ3n) is 3.66. The Hall–Kier alpha value is -1.19. The van der Waals surface area contributed by atoms with E-state index < -0.39 is 0 Å². The van der Waals surface area contributed by atoms with Crippen molar-refractivity contribution in [3.05, 3.63) is 57.5 Å². The molecule has 4 nitrogen and oxygen atoms in total. The van der Waals surface area contributed by atoms with Crippen molar-refractivity contribution in [3.8, 4) is 0 Å². The summed E-state index contributed by atoms with van der Waals surface area (Å²) in [6, 6.07) is 8.94. The molecule has 2 rings (SSSR count). The second-order valence-corrected chi connectivity index (χ2v) is 6.54. The molecule has 0 radical (unpaired) electrons. The zero-order valence-corrected chi connectivity index (χ0v) is 17.7. The van der Waals surface area contributed by atoms with Crippen LogP contribution in [0.5, 0.6) is 0 Å². The van der Waals surface area contributed by atoms with Gasteiger partial charge in [-0.15, -0.1) is 35.3 Å². The monoisotopic (exact) mass is 477 g/mol. The maximum absolute atomic E-state index is 13.4. The fourth-order valence-electron chi connectivity index (χ4n) is 2.32. The molecule has 1 heterocycles. The minimum atomic E-state index is -0.384. The van der Waals surface area contributed by atoms with Gasteiger partial charge in [-0.2, -0.15) is 0 Å². The molecular formula is C18H25FIN3OS. The normalized spacial score (nSPS) is 11.1. The SMILES string of the molecule is CCNC(=NCc1ccc(F)c(CO)c1)N(C)CCc1cccs1.I. The maximum Gasteiger partial charge on any atom is 0.193 e. The molecule has 0 spiro atoms. The second-order valence-electron chi connectivity index (χ2n) is 5.50. The summed E-state index contributed by atoms with van der Waals surface area (Å²) in [6.45, 7) is 3.83. The van der Waals surface area contributed by atoms with Gasteiger partial charge in [-0.1, -0.05) is 12.1 Å². The molecule has 0 fully saturated rings. The van der Waals surface area contributed by atoms with Crippen molar-refractivity contribution in [3.63, 3.8) is 0 Å². The molecule has 0 saturated carbocycles. The molecule has 0 unspecified atom stereocenters. The number of aliphatic hydroxyl groups excluding tert-OH is 1. The summed E-state index contributed by atoms with van der Waals surface area (Å²) in [4.78, 5) is 8.07. The van der Waals surface area contributed by atoms with E-state index in [9.17, 15) is 4.39 Å². The molecule has 25 heavy (non-hydrogen) atoms. The van der Waals surface area contributed by atoms with Crippen LogP contribution in [-0.2, 0) is 19.6 Å². The van der Waals surface area contributed by atoms with Gasteiger partial charge in [0.25, 0.3) is 0 Å². The van der Waals surface area contributed by atoms with Crippen molar-refractivity contribution in [1.82, 2.24) is 10.2 Å². The minimum Gasteiger partial charge on any atom is -0.392 e. The van der Waals surface area contributed by atoms with Gasteiger partial charge >= 0.3 is 0 Å². The largest absolute Gasteiger partial charge is 0.392 e. The third kappa shape index (κ3) is 6.91. The smallest absolute Gasteiger partial charge is 0.193 e. The van der Waals surface area contributed by atoms with E-state index in [1.165, 1.54) is 10.9 Å². The molecule has 2 N–H and O–H groups in total. The van der Waals surface area contributed by atoms with E-state index in [2.05, 4.69) is 32.7 Å². The van der Waals surface area contributed by atoms with Gasteiger partial charge in [-0.3, -0.25) is 0 Å². The predicted molar refractivity (Wildman–Crippen MR) is 113 cm³/mol. The quantitative estimate of drug-likeness (QED) is 0.364. The van der Waals surface area contributed by atoms with E-state index in [0.29, 0.717) is 12.1 Å². The van der Waals surface area contributed by atoms with Crippen LogP contribution in [0.15, 0.2) is 40.7 Å². The number of rotatable bonds is 7. The van der Waals surface area contributed by atoms with Gasteiger partial charge in [0.1, 0.15) is 5.82 Å². The van der Waals surface area contributed by atoms with Crippen LogP contribution < -0.4 is 5.32 Å². The summed E-state index contributed by atoms with van der Waals surface area (Å²) < 4.78 is 13.4. The standard InChI is InChI=1S/C18H24FN3OS.HI/c1-3-20-18(22(2)9-8-16-5-4-10-24-16)21-12-14-6-7-17(19)15(11-14)13-23;/h4-7,10-11,23H,3,8-9,12-13H2,1-2H3,(H,20,21);1H. The lowest BCUT2D eigenvalue weighted by Gasteiger charge is -2.21. The molecule has 0 bridgehead atoms. The molecule has 0 aliphatic heterocycles. The lowest BCUT2D eigenvalue weighted by atomic mass is 10.1. The van der Waals surface area contributed by atoms with Gasteiger partial charge in [0, 0.05) is 30.6 Å². The van der Waals surface area contributed by atoms with Crippen LogP contribution in [0.3, 0.4) is 0 Å². The van der Waals surface area contributed by atoms with Crippen molar-refractivity contribution in [2.75, 3.05) is 20.1 Å². The van der Waals surface area contributed by atoms with Gasteiger partial charge in [0.15, 0.2) is 5.96 Å². The molecule has 138 valence electrons. The van der Waals surface area contributed by atoms with E-state index in [0.717, 1.165) is 31.0 Å². The van der Waals surface area contributed by atoms with Crippen molar-refractivity contribution in [2.45, 2.75) is 26.5 Å². The fourth-order valence-corrected chi connectivity index (χ4v) is 3.02. The first-order chi connectivity index (χ1) is 11.6. The van der Waals surface area contributed by atoms with Crippen molar-refractivity contribution in [2.24, 2.45) is 4.99 Å². The van der Waals surface area contributed by atoms with E-state index in [-0.39, 0.29) is 36.4 Å². The Morgan fingerprint density at radius 1 is 1.36 bits per heavy atom. The highest BCUT2D eigenvalue weighted by molar-refractivity contribution is 14.0. The van der Waals surface area contributed by atoms with E-state index >= 15 is 0 Å². The highest BCUT2D eigenvalue weighted by Crippen LogP contribution is 2.12. The topological polar surface area (TPSA) is 47.9 Å². The average molecular weight is 477 g/mol. The van der Waals surface area contributed by atoms with Gasteiger partial charge in [-0.05, 0) is 42.5 Å². The number of likely N-dealkylation sites (N-methyl/N-ethyl adjacent to an activating group) is 1. The highest BCUT2D eigenvalue weighted by Gasteiger charge is 2.07. The first kappa shape index (κ1) is 21.9. The Balaban J connectivity index is 0.00000312. The minimum absolute atomic E-state index is 0. The van der Waals surface area contributed by atoms with Gasteiger partial charge < -0.3 is 15.3 Å². The Morgan fingerprint density at radius 2 is 2.16 bits per heavy atom. The van der Waals surface area contributed by atoms with Gasteiger partial charge in [-0.25, -0.2) is 9.38 Å². The van der Waals surface area contributed by atoms with Crippen LogP contribution in [0, 0.1) is 5.82 Å². The molecule has 0 aliphatic carbocycles. The number of thiophene rings is 1. The van der Waals surface area contributed by atoms with Crippen molar-refractivity contribution < 1.29 is 9.50 Å². The number of nitrogens with one attached hydrogen (secondary N) is 1. The summed E-state index contributed by atoms with van der Waals surface area (Å²) >= 11 is 1.76. The molecule has 7 heteroatoms. The average Bonchev–Trinajstić information content (AvgIpc) is 3.11. The molecule has 0 saturated heterocycles. The molecule has 0 amide bonds. The summed E-state index contributed by atoms with van der Waals surface area (Å²) in [5.41, 5.74) is 1.18. The van der Waals surface area contributed by atoms with Crippen molar-refractivity contribution >= 4 is 41.3 Å². The lowest BCUT2D eigenvalue weighted by molar-refractivity contribution is 0.275. The number of benzene rings is 1. The Bertz CT molecular complexity index is 664. The number of aliphatic hydroxyl groups is 1. The molecular weight excluding hydrogens is 452 g/mol. The first-order valence-electron chi connectivity index (χ1n) is 8.04. The number of hydrogen-bond acceptors (Lipinski definition) is 3. The molecule has 0 aliphatic rings. The second kappa shape index (κ2) is 11.4. The number of aliphatic imine (C=N–C) groups is 1. The number of nitrogens with zero attached hydrogens (tertiary/aromatic N) is 2. The Labute approximate surface area is 169 Å². The molecule has 1 aromatic heterocycles. The van der Waals surface area contributed by atoms with E-state index in [4.69, 9.17) is 5.11 Å². The van der Waals surface area contributed by atoms with Crippen LogP contribution >= 0.6 is 35.3 Å².